The van der Waals surface area contributed by atoms with E-state index in [4.69, 9.17) is 0 Å². The van der Waals surface area contributed by atoms with Gasteiger partial charge in [-0.15, -0.1) is 0 Å². The molecule has 0 saturated heterocycles. The van der Waals surface area contributed by atoms with E-state index in [0.717, 1.165) is 0 Å². The molecule has 0 bridgehead atoms. The highest BCUT2D eigenvalue weighted by molar-refractivity contribution is 5.77. The van der Waals surface area contributed by atoms with E-state index in [1.165, 1.54) is 41.1 Å². The summed E-state index contributed by atoms with van der Waals surface area (Å²) in [5.41, 5.74) is 1.58. The number of aromatic nitrogens is 4. The molecule has 0 N–H and O–H groups in total. The number of imidazole rings is 1. The summed E-state index contributed by atoms with van der Waals surface area (Å²) in [7, 11) is 0. The van der Waals surface area contributed by atoms with E-state index in [1.807, 2.05) is 4.57 Å². The zero-order chi connectivity index (χ0) is 19.7. The lowest BCUT2D eigenvalue weighted by Gasteiger charge is -2.12. The maximum absolute atomic E-state index is 13.7. The van der Waals surface area contributed by atoms with Gasteiger partial charge in [0.1, 0.15) is 17.5 Å². The van der Waals surface area contributed by atoms with Crippen LogP contribution in [-0.2, 0) is 13.1 Å². The molecule has 0 radical (unpaired) electrons. The highest BCUT2D eigenvalue weighted by Gasteiger charge is 2.14. The zero-order valence-electron chi connectivity index (χ0n) is 14.9. The first kappa shape index (κ1) is 18.2. The third kappa shape index (κ3) is 3.37. The first-order valence-corrected chi connectivity index (χ1v) is 8.92. The van der Waals surface area contributed by atoms with Gasteiger partial charge in [0.25, 0.3) is 5.56 Å². The van der Waals surface area contributed by atoms with Crippen LogP contribution in [0.4, 0.5) is 13.2 Å². The summed E-state index contributed by atoms with van der Waals surface area (Å²) in [6.07, 6.45) is 2.15. The van der Waals surface area contributed by atoms with Crippen molar-refractivity contribution in [2.75, 3.05) is 6.67 Å². The van der Waals surface area contributed by atoms with E-state index in [9.17, 15) is 18.0 Å². The maximum Gasteiger partial charge on any atom is 0.269 e. The van der Waals surface area contributed by atoms with Crippen molar-refractivity contribution in [1.29, 1.82) is 0 Å². The summed E-state index contributed by atoms with van der Waals surface area (Å²) in [5.74, 6) is -0.383. The van der Waals surface area contributed by atoms with Gasteiger partial charge >= 0.3 is 0 Å². The Kier molecular flexibility index (Phi) is 4.85. The van der Waals surface area contributed by atoms with Crippen molar-refractivity contribution < 1.29 is 13.2 Å². The molecule has 0 amide bonds. The van der Waals surface area contributed by atoms with Crippen molar-refractivity contribution in [2.45, 2.75) is 25.9 Å². The molecular formula is C20H17F3N4O. The fraction of sp³-hybridized carbons (Fsp3) is 0.250. The predicted molar refractivity (Wildman–Crippen MR) is 100.0 cm³/mol. The van der Waals surface area contributed by atoms with Gasteiger partial charge in [-0.05, 0) is 43.2 Å². The number of halogens is 3. The maximum atomic E-state index is 13.7. The van der Waals surface area contributed by atoms with Crippen molar-refractivity contribution in [3.8, 4) is 0 Å². The van der Waals surface area contributed by atoms with Gasteiger partial charge in [-0.25, -0.2) is 18.7 Å². The number of hydrogen-bond acceptors (Lipinski definition) is 3. The zero-order valence-corrected chi connectivity index (χ0v) is 14.9. The Hall–Kier alpha value is -3.16. The largest absolute Gasteiger partial charge is 0.326 e. The van der Waals surface area contributed by atoms with Crippen LogP contribution < -0.4 is 5.56 Å². The second-order valence-corrected chi connectivity index (χ2v) is 6.52. The molecule has 5 nitrogen and oxygen atoms in total. The number of hydrogen-bond donors (Lipinski definition) is 0. The molecule has 0 unspecified atom stereocenters. The summed E-state index contributed by atoms with van der Waals surface area (Å²) in [5, 5.41) is 0. The lowest BCUT2D eigenvalue weighted by Crippen LogP contribution is -2.23. The van der Waals surface area contributed by atoms with Gasteiger partial charge in [-0.2, -0.15) is 0 Å². The minimum absolute atomic E-state index is 0.0627. The van der Waals surface area contributed by atoms with Gasteiger partial charge in [-0.3, -0.25) is 13.8 Å². The Morgan fingerprint density at radius 3 is 2.50 bits per heavy atom. The van der Waals surface area contributed by atoms with Crippen molar-refractivity contribution in [3.63, 3.8) is 0 Å². The van der Waals surface area contributed by atoms with Gasteiger partial charge in [0.15, 0.2) is 0 Å². The summed E-state index contributed by atoms with van der Waals surface area (Å²) in [6, 6.07) is 8.29. The molecule has 2 heterocycles. The van der Waals surface area contributed by atoms with Crippen molar-refractivity contribution in [1.82, 2.24) is 19.1 Å². The lowest BCUT2D eigenvalue weighted by molar-refractivity contribution is 0.446. The van der Waals surface area contributed by atoms with Crippen LogP contribution in [0.1, 0.15) is 18.7 Å². The van der Waals surface area contributed by atoms with Crippen LogP contribution in [0.3, 0.4) is 0 Å². The van der Waals surface area contributed by atoms with Crippen LogP contribution in [0, 0.1) is 11.6 Å². The van der Waals surface area contributed by atoms with E-state index >= 15 is 0 Å². The molecule has 0 saturated carbocycles. The average molecular weight is 386 g/mol. The van der Waals surface area contributed by atoms with Crippen LogP contribution in [0.5, 0.6) is 0 Å². The second-order valence-electron chi connectivity index (χ2n) is 6.52. The van der Waals surface area contributed by atoms with Crippen LogP contribution >= 0.6 is 0 Å². The Morgan fingerprint density at radius 1 is 0.893 bits per heavy atom. The minimum atomic E-state index is -0.479. The van der Waals surface area contributed by atoms with Crippen molar-refractivity contribution in [3.05, 3.63) is 70.4 Å². The number of fused-ring (bicyclic) bond motifs is 2. The monoisotopic (exact) mass is 386 g/mol. The molecule has 0 fully saturated rings. The first-order valence-electron chi connectivity index (χ1n) is 8.92. The number of rotatable bonds is 6. The van der Waals surface area contributed by atoms with Crippen LogP contribution in [0.2, 0.25) is 0 Å². The van der Waals surface area contributed by atoms with Crippen LogP contribution in [0.15, 0.2) is 47.4 Å². The van der Waals surface area contributed by atoms with E-state index in [2.05, 4.69) is 9.97 Å². The molecule has 2 aromatic carbocycles. The van der Waals surface area contributed by atoms with E-state index in [1.54, 1.807) is 6.07 Å². The summed E-state index contributed by atoms with van der Waals surface area (Å²) < 4.78 is 43.1. The highest BCUT2D eigenvalue weighted by Crippen LogP contribution is 2.20. The quantitative estimate of drug-likeness (QED) is 0.474. The molecular weight excluding hydrogens is 369 g/mol. The standard InChI is InChI=1S/C20H17F3N4O/c21-7-1-2-8-26-17-6-4-13(22)9-16(17)25-19(26)12-27-18-10-14(23)3-5-15(18)24-11-20(27)28/h3-6,9-11H,1-2,7-8,12H2. The third-order valence-corrected chi connectivity index (χ3v) is 4.66. The third-order valence-electron chi connectivity index (χ3n) is 4.66. The van der Waals surface area contributed by atoms with E-state index in [0.29, 0.717) is 47.3 Å². The molecule has 28 heavy (non-hydrogen) atoms. The van der Waals surface area contributed by atoms with Crippen molar-refractivity contribution in [2.24, 2.45) is 0 Å². The average Bonchev–Trinajstić information content (AvgIpc) is 3.01. The molecule has 144 valence electrons. The smallest absolute Gasteiger partial charge is 0.269 e. The Morgan fingerprint density at radius 2 is 1.68 bits per heavy atom. The molecule has 0 aliphatic rings. The Balaban J connectivity index is 1.84. The molecule has 8 heteroatoms. The molecule has 0 aliphatic carbocycles. The fourth-order valence-corrected chi connectivity index (χ4v) is 3.33. The number of unbranched alkanes of at least 4 members (excludes halogenated alkanes) is 1. The lowest BCUT2D eigenvalue weighted by atomic mass is 10.2. The van der Waals surface area contributed by atoms with Crippen molar-refractivity contribution >= 4 is 22.1 Å². The first-order chi connectivity index (χ1) is 13.6. The second kappa shape index (κ2) is 7.46. The number of alkyl halides is 1. The molecule has 2 aromatic heterocycles. The Bertz CT molecular complexity index is 1220. The molecule has 0 aliphatic heterocycles. The SMILES string of the molecule is O=c1cnc2ccc(F)cc2n1Cc1nc2cc(F)ccc2n1CCCCF. The Labute approximate surface area is 158 Å². The van der Waals surface area contributed by atoms with E-state index < -0.39 is 23.9 Å². The fourth-order valence-electron chi connectivity index (χ4n) is 3.33. The molecule has 4 aromatic rings. The van der Waals surface area contributed by atoms with E-state index in [-0.39, 0.29) is 6.54 Å². The molecule has 0 atom stereocenters. The molecule has 0 spiro atoms. The van der Waals surface area contributed by atoms with Gasteiger partial charge in [0.05, 0.1) is 41.5 Å². The van der Waals surface area contributed by atoms with Crippen LogP contribution in [0.25, 0.3) is 22.1 Å². The van der Waals surface area contributed by atoms with Gasteiger partial charge in [0, 0.05) is 12.6 Å². The highest BCUT2D eigenvalue weighted by atomic mass is 19.1. The normalized spacial score (nSPS) is 11.5. The summed E-state index contributed by atoms with van der Waals surface area (Å²) in [4.78, 5) is 20.9. The summed E-state index contributed by atoms with van der Waals surface area (Å²) in [6.45, 7) is 0.116. The number of benzene rings is 2. The minimum Gasteiger partial charge on any atom is -0.326 e. The van der Waals surface area contributed by atoms with Gasteiger partial charge < -0.3 is 4.57 Å². The predicted octanol–water partition coefficient (Wildman–Crippen LogP) is 3.82. The molecule has 4 rings (SSSR count). The van der Waals surface area contributed by atoms with Gasteiger partial charge in [0.2, 0.25) is 0 Å². The summed E-state index contributed by atoms with van der Waals surface area (Å²) >= 11 is 0. The topological polar surface area (TPSA) is 52.7 Å². The van der Waals surface area contributed by atoms with Gasteiger partial charge in [-0.1, -0.05) is 0 Å². The number of aryl methyl sites for hydroxylation is 1. The van der Waals surface area contributed by atoms with Crippen LogP contribution in [-0.4, -0.2) is 25.8 Å². The number of nitrogens with zero attached hydrogens (tertiary/aromatic N) is 4.